The van der Waals surface area contributed by atoms with Crippen molar-refractivity contribution in [3.05, 3.63) is 18.2 Å². The van der Waals surface area contributed by atoms with Crippen molar-refractivity contribution in [3.8, 4) is 0 Å². The standard InChI is InChI=1S/C18H27N7O6/c1-9(23-16(28)11(19)6-14(20)26)15(27)24-12(5-10-7-21-8-22-10)17(29)25-4-2-3-13(25)18(30)31/h7-9,11-13H,2-6,19H2,1H3,(H2,20,26)(H,21,22)(H,23,28)(H,24,27)(H,30,31). The number of H-pyrrole nitrogens is 1. The summed E-state index contributed by atoms with van der Waals surface area (Å²) in [6.07, 6.45) is 3.44. The van der Waals surface area contributed by atoms with Crippen LogP contribution in [-0.2, 0) is 30.4 Å². The molecule has 170 valence electrons. The average Bonchev–Trinajstić information content (AvgIpc) is 3.38. The van der Waals surface area contributed by atoms with Gasteiger partial charge in [-0.3, -0.25) is 19.2 Å². The summed E-state index contributed by atoms with van der Waals surface area (Å²) < 4.78 is 0. The molecule has 4 atom stereocenters. The number of nitrogens with one attached hydrogen (secondary N) is 3. The predicted molar refractivity (Wildman–Crippen MR) is 106 cm³/mol. The molecule has 0 saturated carbocycles. The van der Waals surface area contributed by atoms with Gasteiger partial charge in [0.05, 0.1) is 18.8 Å². The molecule has 1 aromatic rings. The highest BCUT2D eigenvalue weighted by Gasteiger charge is 2.38. The molecule has 13 heteroatoms. The number of imidazole rings is 1. The normalized spacial score (nSPS) is 18.6. The van der Waals surface area contributed by atoms with Gasteiger partial charge in [-0.2, -0.15) is 0 Å². The van der Waals surface area contributed by atoms with Crippen molar-refractivity contribution < 1.29 is 29.1 Å². The summed E-state index contributed by atoms with van der Waals surface area (Å²) in [6, 6.07) is -4.32. The first-order valence-electron chi connectivity index (χ1n) is 9.75. The maximum Gasteiger partial charge on any atom is 0.326 e. The molecular formula is C18H27N7O6. The lowest BCUT2D eigenvalue weighted by molar-refractivity contribution is -0.149. The number of likely N-dealkylation sites (tertiary alicyclic amines) is 1. The monoisotopic (exact) mass is 437 g/mol. The molecule has 0 aromatic carbocycles. The first-order valence-corrected chi connectivity index (χ1v) is 9.75. The molecule has 0 radical (unpaired) electrons. The van der Waals surface area contributed by atoms with Crippen molar-refractivity contribution in [1.82, 2.24) is 25.5 Å². The highest BCUT2D eigenvalue weighted by atomic mass is 16.4. The Bertz CT molecular complexity index is 827. The second kappa shape index (κ2) is 10.5. The van der Waals surface area contributed by atoms with E-state index in [-0.39, 0.29) is 19.4 Å². The number of aromatic amines is 1. The van der Waals surface area contributed by atoms with Crippen LogP contribution in [0.15, 0.2) is 12.5 Å². The topological polar surface area (TPSA) is 214 Å². The van der Waals surface area contributed by atoms with Crippen LogP contribution in [0.1, 0.15) is 31.9 Å². The molecule has 1 fully saturated rings. The van der Waals surface area contributed by atoms with E-state index in [9.17, 15) is 29.1 Å². The van der Waals surface area contributed by atoms with Crippen molar-refractivity contribution in [3.63, 3.8) is 0 Å². The number of hydrogen-bond donors (Lipinski definition) is 6. The van der Waals surface area contributed by atoms with Crippen LogP contribution in [0, 0.1) is 0 Å². The molecule has 0 spiro atoms. The summed E-state index contributed by atoms with van der Waals surface area (Å²) in [5, 5.41) is 14.3. The number of nitrogens with two attached hydrogens (primary N) is 2. The third-order valence-electron chi connectivity index (χ3n) is 4.92. The minimum absolute atomic E-state index is 0.0509. The average molecular weight is 437 g/mol. The fourth-order valence-corrected chi connectivity index (χ4v) is 3.30. The minimum Gasteiger partial charge on any atom is -0.480 e. The third-order valence-corrected chi connectivity index (χ3v) is 4.92. The molecule has 0 aliphatic carbocycles. The lowest BCUT2D eigenvalue weighted by Crippen LogP contribution is -2.57. The Morgan fingerprint density at radius 1 is 1.29 bits per heavy atom. The van der Waals surface area contributed by atoms with Crippen LogP contribution >= 0.6 is 0 Å². The number of hydrogen-bond acceptors (Lipinski definition) is 7. The van der Waals surface area contributed by atoms with Crippen molar-refractivity contribution in [2.45, 2.75) is 56.8 Å². The van der Waals surface area contributed by atoms with E-state index in [0.29, 0.717) is 18.5 Å². The van der Waals surface area contributed by atoms with Gasteiger partial charge in [0, 0.05) is 24.9 Å². The summed E-state index contributed by atoms with van der Waals surface area (Å²) in [5.41, 5.74) is 11.1. The Morgan fingerprint density at radius 3 is 2.58 bits per heavy atom. The Morgan fingerprint density at radius 2 is 2.00 bits per heavy atom. The molecule has 1 aromatic heterocycles. The third kappa shape index (κ3) is 6.50. The van der Waals surface area contributed by atoms with Crippen LogP contribution in [0.3, 0.4) is 0 Å². The molecule has 4 unspecified atom stereocenters. The van der Waals surface area contributed by atoms with Crippen LogP contribution in [-0.4, -0.2) is 80.3 Å². The first kappa shape index (κ1) is 23.8. The molecule has 0 bridgehead atoms. The van der Waals surface area contributed by atoms with Gasteiger partial charge in [-0.1, -0.05) is 0 Å². The van der Waals surface area contributed by atoms with Crippen LogP contribution in [0.4, 0.5) is 0 Å². The molecule has 4 amide bonds. The number of carbonyl (C=O) groups is 5. The van der Waals surface area contributed by atoms with Crippen LogP contribution in [0.2, 0.25) is 0 Å². The summed E-state index contributed by atoms with van der Waals surface area (Å²) in [6.45, 7) is 1.65. The number of carboxylic acid groups (broad SMARTS) is 1. The fraction of sp³-hybridized carbons (Fsp3) is 0.556. The van der Waals surface area contributed by atoms with Gasteiger partial charge in [0.2, 0.25) is 23.6 Å². The quantitative estimate of drug-likeness (QED) is 0.225. The Hall–Kier alpha value is -3.48. The van der Waals surface area contributed by atoms with E-state index in [1.165, 1.54) is 24.3 Å². The molecule has 13 nitrogen and oxygen atoms in total. The number of carbonyl (C=O) groups excluding carboxylic acids is 4. The van der Waals surface area contributed by atoms with Gasteiger partial charge in [-0.15, -0.1) is 0 Å². The summed E-state index contributed by atoms with van der Waals surface area (Å²) in [5.74, 6) is -3.84. The van der Waals surface area contributed by atoms with Crippen molar-refractivity contribution >= 4 is 29.6 Å². The Balaban J connectivity index is 2.08. The number of carboxylic acids is 1. The van der Waals surface area contributed by atoms with Gasteiger partial charge < -0.3 is 37.1 Å². The zero-order valence-corrected chi connectivity index (χ0v) is 17.0. The fourth-order valence-electron chi connectivity index (χ4n) is 3.30. The molecular weight excluding hydrogens is 410 g/mol. The number of rotatable bonds is 10. The zero-order chi connectivity index (χ0) is 23.1. The van der Waals surface area contributed by atoms with E-state index in [1.807, 2.05) is 0 Å². The maximum atomic E-state index is 13.1. The van der Waals surface area contributed by atoms with Gasteiger partial charge in [-0.25, -0.2) is 9.78 Å². The van der Waals surface area contributed by atoms with Crippen LogP contribution < -0.4 is 22.1 Å². The number of aromatic nitrogens is 2. The minimum atomic E-state index is -1.21. The lowest BCUT2D eigenvalue weighted by atomic mass is 10.1. The van der Waals surface area contributed by atoms with E-state index < -0.39 is 53.8 Å². The molecule has 2 heterocycles. The second-order valence-electron chi connectivity index (χ2n) is 7.38. The molecule has 1 aliphatic rings. The van der Waals surface area contributed by atoms with E-state index in [0.717, 1.165) is 0 Å². The largest absolute Gasteiger partial charge is 0.480 e. The number of primary amides is 1. The number of nitrogens with zero attached hydrogens (tertiary/aromatic N) is 2. The Labute approximate surface area is 177 Å². The van der Waals surface area contributed by atoms with E-state index in [2.05, 4.69) is 20.6 Å². The van der Waals surface area contributed by atoms with Gasteiger partial charge in [0.1, 0.15) is 18.1 Å². The number of amides is 4. The van der Waals surface area contributed by atoms with Crippen LogP contribution in [0.5, 0.6) is 0 Å². The maximum absolute atomic E-state index is 13.1. The lowest BCUT2D eigenvalue weighted by Gasteiger charge is -2.28. The van der Waals surface area contributed by atoms with Gasteiger partial charge in [0.15, 0.2) is 0 Å². The van der Waals surface area contributed by atoms with Gasteiger partial charge >= 0.3 is 5.97 Å². The van der Waals surface area contributed by atoms with Crippen molar-refractivity contribution in [2.75, 3.05) is 6.54 Å². The van der Waals surface area contributed by atoms with E-state index in [4.69, 9.17) is 11.5 Å². The number of aliphatic carboxylic acids is 1. The molecule has 8 N–H and O–H groups in total. The smallest absolute Gasteiger partial charge is 0.326 e. The molecule has 2 rings (SSSR count). The van der Waals surface area contributed by atoms with Crippen molar-refractivity contribution in [1.29, 1.82) is 0 Å². The first-order chi connectivity index (χ1) is 14.6. The molecule has 1 aliphatic heterocycles. The highest BCUT2D eigenvalue weighted by Crippen LogP contribution is 2.19. The summed E-state index contributed by atoms with van der Waals surface area (Å²) >= 11 is 0. The van der Waals surface area contributed by atoms with Crippen LogP contribution in [0.25, 0.3) is 0 Å². The van der Waals surface area contributed by atoms with Gasteiger partial charge in [-0.05, 0) is 19.8 Å². The molecule has 1 saturated heterocycles. The molecule has 31 heavy (non-hydrogen) atoms. The van der Waals surface area contributed by atoms with Gasteiger partial charge in [0.25, 0.3) is 0 Å². The predicted octanol–water partition coefficient (Wildman–Crippen LogP) is -2.78. The Kier molecular flexibility index (Phi) is 8.07. The van der Waals surface area contributed by atoms with E-state index >= 15 is 0 Å². The highest BCUT2D eigenvalue weighted by molar-refractivity contribution is 5.95. The summed E-state index contributed by atoms with van der Waals surface area (Å²) in [4.78, 5) is 68.0. The second-order valence-corrected chi connectivity index (χ2v) is 7.38. The van der Waals surface area contributed by atoms with E-state index in [1.54, 1.807) is 0 Å². The zero-order valence-electron chi connectivity index (χ0n) is 17.0. The summed E-state index contributed by atoms with van der Waals surface area (Å²) in [7, 11) is 0. The SMILES string of the molecule is CC(NC(=O)C(N)CC(N)=O)C(=O)NC(Cc1cnc[nH]1)C(=O)N1CCCC1C(=O)O. The van der Waals surface area contributed by atoms with Crippen molar-refractivity contribution in [2.24, 2.45) is 11.5 Å².